The highest BCUT2D eigenvalue weighted by Gasteiger charge is 2.32. The molecule has 12 heteroatoms. The van der Waals surface area contributed by atoms with E-state index in [-0.39, 0.29) is 23.9 Å². The van der Waals surface area contributed by atoms with Gasteiger partial charge >= 0.3 is 12.1 Å². The number of carboxylic acid groups (broad SMARTS) is 1. The second-order valence-electron chi connectivity index (χ2n) is 6.41. The van der Waals surface area contributed by atoms with Crippen LogP contribution in [0.2, 0.25) is 0 Å². The molecule has 0 spiro atoms. The average molecular weight is 451 g/mol. The number of aliphatic carboxylic acids is 1. The topological polar surface area (TPSA) is 117 Å². The molecule has 0 aliphatic rings. The van der Waals surface area contributed by atoms with E-state index in [0.29, 0.717) is 16.1 Å². The first-order chi connectivity index (χ1) is 14.6. The van der Waals surface area contributed by atoms with Gasteiger partial charge in [-0.05, 0) is 36.2 Å². The van der Waals surface area contributed by atoms with Crippen molar-refractivity contribution >= 4 is 34.8 Å². The number of halogens is 3. The van der Waals surface area contributed by atoms with E-state index in [9.17, 15) is 22.8 Å². The summed E-state index contributed by atoms with van der Waals surface area (Å²) >= 11 is 1.10. The molecule has 0 unspecified atom stereocenters. The lowest BCUT2D eigenvalue weighted by Gasteiger charge is -2.10. The van der Waals surface area contributed by atoms with Crippen molar-refractivity contribution in [2.75, 3.05) is 11.9 Å². The Hall–Kier alpha value is -3.54. The molecule has 0 radical (unpaired) electrons. The van der Waals surface area contributed by atoms with Crippen molar-refractivity contribution in [2.45, 2.75) is 19.5 Å². The van der Waals surface area contributed by atoms with Crippen LogP contribution < -0.4 is 10.6 Å². The maximum absolute atomic E-state index is 12.9. The second-order valence-corrected chi connectivity index (χ2v) is 7.44. The summed E-state index contributed by atoms with van der Waals surface area (Å²) in [4.78, 5) is 34.6. The predicted octanol–water partition coefficient (Wildman–Crippen LogP) is 3.88. The molecule has 3 rings (SSSR count). The van der Waals surface area contributed by atoms with Gasteiger partial charge in [-0.25, -0.2) is 15.0 Å². The molecule has 8 nitrogen and oxygen atoms in total. The zero-order valence-electron chi connectivity index (χ0n) is 16.0. The van der Waals surface area contributed by atoms with Crippen molar-refractivity contribution in [3.8, 4) is 10.4 Å². The van der Waals surface area contributed by atoms with Gasteiger partial charge in [-0.15, -0.1) is 11.3 Å². The zero-order chi connectivity index (χ0) is 22.6. The molecule has 0 aliphatic carbocycles. The number of anilines is 2. The lowest BCUT2D eigenvalue weighted by Crippen LogP contribution is -2.25. The van der Waals surface area contributed by atoms with Crippen LogP contribution in [0, 0.1) is 6.92 Å². The van der Waals surface area contributed by atoms with Crippen LogP contribution in [0.5, 0.6) is 0 Å². The Morgan fingerprint density at radius 3 is 2.68 bits per heavy atom. The zero-order valence-corrected chi connectivity index (χ0v) is 16.8. The molecular weight excluding hydrogens is 435 g/mol. The molecule has 0 saturated carbocycles. The number of nitrogens with one attached hydrogen (secondary N) is 2. The second kappa shape index (κ2) is 9.08. The number of carbonyl (C=O) groups excluding carboxylic acids is 1. The Labute approximate surface area is 178 Å². The van der Waals surface area contributed by atoms with Crippen molar-refractivity contribution in [1.29, 1.82) is 0 Å². The van der Waals surface area contributed by atoms with Crippen LogP contribution in [0.25, 0.3) is 10.4 Å². The van der Waals surface area contributed by atoms with Gasteiger partial charge in [-0.2, -0.15) is 13.2 Å². The van der Waals surface area contributed by atoms with E-state index < -0.39 is 23.7 Å². The lowest BCUT2D eigenvalue weighted by atomic mass is 10.1. The molecule has 2 heterocycles. The molecule has 162 valence electrons. The molecule has 3 aromatic rings. The molecule has 1 aromatic carbocycles. The number of carboxylic acids is 1. The van der Waals surface area contributed by atoms with Gasteiger partial charge in [0.05, 0.1) is 11.3 Å². The summed E-state index contributed by atoms with van der Waals surface area (Å²) < 4.78 is 38.6. The van der Waals surface area contributed by atoms with Gasteiger partial charge in [-0.3, -0.25) is 9.59 Å². The molecule has 1 amide bonds. The van der Waals surface area contributed by atoms with E-state index >= 15 is 0 Å². The average Bonchev–Trinajstić information content (AvgIpc) is 3.17. The van der Waals surface area contributed by atoms with Crippen molar-refractivity contribution in [3.63, 3.8) is 0 Å². The molecule has 0 bridgehead atoms. The fraction of sp³-hybridized carbons (Fsp3) is 0.211. The fourth-order valence-corrected chi connectivity index (χ4v) is 3.39. The third-order valence-electron chi connectivity index (χ3n) is 3.89. The molecule has 3 N–H and O–H groups in total. The molecule has 0 fully saturated rings. The molecule has 0 saturated heterocycles. The van der Waals surface area contributed by atoms with Crippen LogP contribution in [0.4, 0.5) is 24.8 Å². The highest BCUT2D eigenvalue weighted by Crippen LogP contribution is 2.31. The third-order valence-corrected chi connectivity index (χ3v) is 4.93. The number of thiazole rings is 1. The number of aromatic nitrogens is 3. The molecule has 0 atom stereocenters. The summed E-state index contributed by atoms with van der Waals surface area (Å²) in [5.74, 6) is -1.71. The number of alkyl halides is 3. The highest BCUT2D eigenvalue weighted by atomic mass is 32.1. The largest absolute Gasteiger partial charge is 0.481 e. The van der Waals surface area contributed by atoms with E-state index in [4.69, 9.17) is 5.11 Å². The number of hydrogen-bond acceptors (Lipinski definition) is 7. The Bertz CT molecular complexity index is 1120. The fourth-order valence-electron chi connectivity index (χ4n) is 2.57. The lowest BCUT2D eigenvalue weighted by molar-refractivity contribution is -0.141. The normalized spacial score (nSPS) is 11.2. The van der Waals surface area contributed by atoms with Gasteiger partial charge in [0, 0.05) is 24.6 Å². The van der Waals surface area contributed by atoms with Gasteiger partial charge in [0.15, 0.2) is 5.01 Å². The van der Waals surface area contributed by atoms with Gasteiger partial charge in [0.1, 0.15) is 5.69 Å². The van der Waals surface area contributed by atoms with Crippen LogP contribution >= 0.6 is 11.3 Å². The molecular formula is C19H16F3N5O3S. The minimum atomic E-state index is -4.58. The van der Waals surface area contributed by atoms with E-state index in [1.165, 1.54) is 6.20 Å². The molecule has 2 aromatic heterocycles. The SMILES string of the molecule is Cc1cc(Nc2nccc(C(F)(F)F)n2)cc(-c2cnc(C(=O)NCCC(=O)O)s2)c1. The van der Waals surface area contributed by atoms with E-state index in [2.05, 4.69) is 25.6 Å². The summed E-state index contributed by atoms with van der Waals surface area (Å²) in [5.41, 5.74) is 0.915. The van der Waals surface area contributed by atoms with E-state index in [1.54, 1.807) is 12.1 Å². The van der Waals surface area contributed by atoms with E-state index in [1.807, 2.05) is 13.0 Å². The Balaban J connectivity index is 1.78. The Morgan fingerprint density at radius 1 is 1.19 bits per heavy atom. The summed E-state index contributed by atoms with van der Waals surface area (Å²) in [5, 5.41) is 14.0. The van der Waals surface area contributed by atoms with Crippen LogP contribution in [-0.4, -0.2) is 38.5 Å². The summed E-state index contributed by atoms with van der Waals surface area (Å²) in [6, 6.07) is 6.01. The maximum Gasteiger partial charge on any atom is 0.433 e. The summed E-state index contributed by atoms with van der Waals surface area (Å²) in [6.45, 7) is 1.79. The summed E-state index contributed by atoms with van der Waals surface area (Å²) in [7, 11) is 0. The van der Waals surface area contributed by atoms with Crippen molar-refractivity contribution < 1.29 is 27.9 Å². The number of aryl methyl sites for hydroxylation is 1. The highest BCUT2D eigenvalue weighted by molar-refractivity contribution is 7.17. The summed E-state index contributed by atoms with van der Waals surface area (Å²) in [6.07, 6.45) is -2.26. The van der Waals surface area contributed by atoms with Crippen molar-refractivity contribution in [3.05, 3.63) is 52.9 Å². The third kappa shape index (κ3) is 5.98. The van der Waals surface area contributed by atoms with Crippen LogP contribution in [0.3, 0.4) is 0 Å². The minimum absolute atomic E-state index is 0.0153. The number of benzene rings is 1. The first kappa shape index (κ1) is 22.2. The van der Waals surface area contributed by atoms with Gasteiger partial charge in [-0.1, -0.05) is 6.07 Å². The van der Waals surface area contributed by atoms with E-state index in [0.717, 1.165) is 29.2 Å². The van der Waals surface area contributed by atoms with Crippen molar-refractivity contribution in [1.82, 2.24) is 20.3 Å². The maximum atomic E-state index is 12.9. The number of amides is 1. The Morgan fingerprint density at radius 2 is 1.97 bits per heavy atom. The number of carbonyl (C=O) groups is 2. The smallest absolute Gasteiger partial charge is 0.433 e. The Kier molecular flexibility index (Phi) is 6.49. The number of rotatable bonds is 7. The predicted molar refractivity (Wildman–Crippen MR) is 107 cm³/mol. The van der Waals surface area contributed by atoms with Gasteiger partial charge in [0.2, 0.25) is 5.95 Å². The van der Waals surface area contributed by atoms with Crippen LogP contribution in [0.1, 0.15) is 27.5 Å². The minimum Gasteiger partial charge on any atom is -0.481 e. The molecule has 0 aliphatic heterocycles. The number of nitrogens with zero attached hydrogens (tertiary/aromatic N) is 3. The molecule has 31 heavy (non-hydrogen) atoms. The van der Waals surface area contributed by atoms with Gasteiger partial charge in [0.25, 0.3) is 5.91 Å². The first-order valence-electron chi connectivity index (χ1n) is 8.87. The standard InChI is InChI=1S/C19H16F3N5O3S/c1-10-6-11(13-9-25-17(31-13)16(30)23-5-3-15(28)29)8-12(7-10)26-18-24-4-2-14(27-18)19(20,21)22/h2,4,6-9H,3,5H2,1H3,(H,23,30)(H,28,29)(H,24,26,27). The quantitative estimate of drug-likeness (QED) is 0.499. The van der Waals surface area contributed by atoms with Crippen molar-refractivity contribution in [2.24, 2.45) is 0 Å². The monoisotopic (exact) mass is 451 g/mol. The number of hydrogen-bond donors (Lipinski definition) is 3. The first-order valence-corrected chi connectivity index (χ1v) is 9.68. The van der Waals surface area contributed by atoms with Crippen LogP contribution in [-0.2, 0) is 11.0 Å². The van der Waals surface area contributed by atoms with Crippen LogP contribution in [0.15, 0.2) is 36.7 Å². The van der Waals surface area contributed by atoms with Gasteiger partial charge < -0.3 is 15.7 Å².